The Hall–Kier alpha value is -1.93. The predicted molar refractivity (Wildman–Crippen MR) is 86.4 cm³/mol. The van der Waals surface area contributed by atoms with E-state index in [0.29, 0.717) is 25.1 Å². The van der Waals surface area contributed by atoms with Crippen molar-refractivity contribution < 1.29 is 18.0 Å². The Morgan fingerprint density at radius 1 is 1.26 bits per heavy atom. The van der Waals surface area contributed by atoms with Crippen LogP contribution in [0.25, 0.3) is 0 Å². The highest BCUT2D eigenvalue weighted by atomic mass is 32.2. The van der Waals surface area contributed by atoms with Gasteiger partial charge in [0.2, 0.25) is 21.8 Å². The normalized spacial score (nSPS) is 15.0. The molecule has 0 unspecified atom stereocenters. The van der Waals surface area contributed by atoms with Gasteiger partial charge in [-0.05, 0) is 37.1 Å². The molecule has 7 nitrogen and oxygen atoms in total. The average Bonchev–Trinajstić information content (AvgIpc) is 2.89. The highest BCUT2D eigenvalue weighted by Crippen LogP contribution is 2.14. The third kappa shape index (κ3) is 5.04. The molecule has 2 amide bonds. The summed E-state index contributed by atoms with van der Waals surface area (Å²) in [5.41, 5.74) is 0.545. The number of carbonyl (C=O) groups excluding carboxylic acids is 2. The summed E-state index contributed by atoms with van der Waals surface area (Å²) in [6.07, 6.45) is 2.05. The van der Waals surface area contributed by atoms with Crippen LogP contribution in [0.2, 0.25) is 0 Å². The van der Waals surface area contributed by atoms with E-state index in [1.807, 2.05) is 0 Å². The number of sulfonamides is 1. The number of carbonyl (C=O) groups is 2. The number of likely N-dealkylation sites (tertiary alicyclic amines) is 1. The number of benzene rings is 1. The van der Waals surface area contributed by atoms with E-state index in [0.717, 1.165) is 13.0 Å². The molecule has 0 bridgehead atoms. The minimum atomic E-state index is -3.58. The molecule has 0 atom stereocenters. The van der Waals surface area contributed by atoms with E-state index in [2.05, 4.69) is 10.0 Å². The molecular weight excluding hydrogens is 318 g/mol. The molecule has 0 aliphatic carbocycles. The maximum absolute atomic E-state index is 12.1. The molecule has 0 aromatic heterocycles. The van der Waals surface area contributed by atoms with Crippen molar-refractivity contribution in [2.24, 2.45) is 0 Å². The molecule has 1 heterocycles. The minimum absolute atomic E-state index is 0.140. The summed E-state index contributed by atoms with van der Waals surface area (Å²) in [5, 5.41) is 2.58. The Balaban J connectivity index is 1.83. The molecule has 1 aliphatic heterocycles. The second kappa shape index (κ2) is 7.56. The maximum Gasteiger partial charge on any atom is 0.240 e. The van der Waals surface area contributed by atoms with Crippen molar-refractivity contribution >= 4 is 27.5 Å². The fraction of sp³-hybridized carbons (Fsp3) is 0.467. The van der Waals surface area contributed by atoms with Gasteiger partial charge in [0.05, 0.1) is 4.90 Å². The number of nitrogens with zero attached hydrogens (tertiary/aromatic N) is 1. The van der Waals surface area contributed by atoms with Gasteiger partial charge in [0, 0.05) is 38.7 Å². The van der Waals surface area contributed by atoms with Gasteiger partial charge in [0.25, 0.3) is 0 Å². The van der Waals surface area contributed by atoms with E-state index in [1.165, 1.54) is 19.1 Å². The number of hydrogen-bond donors (Lipinski definition) is 2. The number of rotatable bonds is 7. The van der Waals surface area contributed by atoms with E-state index >= 15 is 0 Å². The number of hydrogen-bond acceptors (Lipinski definition) is 4. The predicted octanol–water partition coefficient (Wildman–Crippen LogP) is 0.936. The van der Waals surface area contributed by atoms with Crippen LogP contribution in [0.1, 0.15) is 26.2 Å². The largest absolute Gasteiger partial charge is 0.343 e. The Morgan fingerprint density at radius 2 is 1.96 bits per heavy atom. The van der Waals surface area contributed by atoms with E-state index in [9.17, 15) is 18.0 Å². The highest BCUT2D eigenvalue weighted by Gasteiger charge is 2.19. The minimum Gasteiger partial charge on any atom is -0.343 e. The lowest BCUT2D eigenvalue weighted by atomic mass is 10.3. The molecule has 1 saturated heterocycles. The van der Waals surface area contributed by atoms with Crippen LogP contribution in [0, 0.1) is 0 Å². The summed E-state index contributed by atoms with van der Waals surface area (Å²) < 4.78 is 26.8. The third-order valence-electron chi connectivity index (χ3n) is 3.55. The van der Waals surface area contributed by atoms with Crippen LogP contribution in [0.15, 0.2) is 29.2 Å². The molecule has 0 radical (unpaired) electrons. The lowest BCUT2D eigenvalue weighted by Crippen LogP contribution is -2.30. The molecule has 1 aromatic carbocycles. The second-order valence-electron chi connectivity index (χ2n) is 5.44. The summed E-state index contributed by atoms with van der Waals surface area (Å²) in [7, 11) is -3.58. The van der Waals surface area contributed by atoms with Gasteiger partial charge in [-0.3, -0.25) is 9.59 Å². The average molecular weight is 339 g/mol. The third-order valence-corrected chi connectivity index (χ3v) is 5.03. The maximum atomic E-state index is 12.1. The van der Waals surface area contributed by atoms with Gasteiger partial charge in [0.15, 0.2) is 0 Å². The monoisotopic (exact) mass is 339 g/mol. The first kappa shape index (κ1) is 17.4. The summed E-state index contributed by atoms with van der Waals surface area (Å²) in [4.78, 5) is 24.3. The Kier molecular flexibility index (Phi) is 5.73. The van der Waals surface area contributed by atoms with Crippen LogP contribution in [0.5, 0.6) is 0 Å². The molecule has 0 saturated carbocycles. The van der Waals surface area contributed by atoms with Crippen molar-refractivity contribution in [2.75, 3.05) is 25.0 Å². The van der Waals surface area contributed by atoms with Crippen LogP contribution in [-0.4, -0.2) is 44.8 Å². The van der Waals surface area contributed by atoms with Crippen molar-refractivity contribution in [1.29, 1.82) is 0 Å². The smallest absolute Gasteiger partial charge is 0.240 e. The molecule has 1 fully saturated rings. The van der Waals surface area contributed by atoms with Crippen molar-refractivity contribution in [1.82, 2.24) is 9.62 Å². The molecule has 8 heteroatoms. The first-order chi connectivity index (χ1) is 10.9. The Bertz CT molecular complexity index is 670. The van der Waals surface area contributed by atoms with Gasteiger partial charge >= 0.3 is 0 Å². The zero-order valence-electron chi connectivity index (χ0n) is 13.0. The zero-order chi connectivity index (χ0) is 16.9. The van der Waals surface area contributed by atoms with Crippen LogP contribution >= 0.6 is 0 Å². The molecule has 1 aromatic rings. The van der Waals surface area contributed by atoms with Gasteiger partial charge < -0.3 is 10.2 Å². The van der Waals surface area contributed by atoms with E-state index < -0.39 is 10.0 Å². The number of amides is 2. The molecule has 0 spiro atoms. The highest BCUT2D eigenvalue weighted by molar-refractivity contribution is 7.89. The zero-order valence-corrected chi connectivity index (χ0v) is 13.9. The van der Waals surface area contributed by atoms with Gasteiger partial charge in [-0.25, -0.2) is 13.1 Å². The number of nitrogens with one attached hydrogen (secondary N) is 2. The van der Waals surface area contributed by atoms with Crippen LogP contribution in [-0.2, 0) is 19.6 Å². The summed E-state index contributed by atoms with van der Waals surface area (Å²) in [5.74, 6) is -0.0726. The first-order valence-corrected chi connectivity index (χ1v) is 9.02. The topological polar surface area (TPSA) is 95.6 Å². The van der Waals surface area contributed by atoms with Crippen molar-refractivity contribution in [3.8, 4) is 0 Å². The van der Waals surface area contributed by atoms with E-state index in [1.54, 1.807) is 17.0 Å². The number of anilines is 1. The van der Waals surface area contributed by atoms with Gasteiger partial charge in [-0.1, -0.05) is 0 Å². The van der Waals surface area contributed by atoms with Crippen molar-refractivity contribution in [3.63, 3.8) is 0 Å². The molecule has 1 aliphatic rings. The Morgan fingerprint density at radius 3 is 2.52 bits per heavy atom. The fourth-order valence-corrected chi connectivity index (χ4v) is 3.50. The lowest BCUT2D eigenvalue weighted by Gasteiger charge is -2.15. The molecule has 126 valence electrons. The molecular formula is C15H21N3O4S. The summed E-state index contributed by atoms with van der Waals surface area (Å²) in [6, 6.07) is 5.97. The molecule has 2 N–H and O–H groups in total. The van der Waals surface area contributed by atoms with Gasteiger partial charge in [-0.2, -0.15) is 0 Å². The Labute approximate surface area is 136 Å². The van der Waals surface area contributed by atoms with Crippen molar-refractivity contribution in [3.05, 3.63) is 24.3 Å². The first-order valence-electron chi connectivity index (χ1n) is 7.53. The summed E-state index contributed by atoms with van der Waals surface area (Å²) >= 11 is 0. The van der Waals surface area contributed by atoms with Crippen LogP contribution < -0.4 is 10.0 Å². The van der Waals surface area contributed by atoms with Gasteiger partial charge in [0.1, 0.15) is 0 Å². The quantitative estimate of drug-likeness (QED) is 0.723. The summed E-state index contributed by atoms with van der Waals surface area (Å²) in [6.45, 7) is 3.00. The van der Waals surface area contributed by atoms with Gasteiger partial charge in [-0.15, -0.1) is 0 Å². The van der Waals surface area contributed by atoms with Crippen LogP contribution in [0.3, 0.4) is 0 Å². The molecule has 23 heavy (non-hydrogen) atoms. The lowest BCUT2D eigenvalue weighted by molar-refractivity contribution is -0.127. The molecule has 2 rings (SSSR count). The van der Waals surface area contributed by atoms with E-state index in [4.69, 9.17) is 0 Å². The van der Waals surface area contributed by atoms with Crippen LogP contribution in [0.4, 0.5) is 5.69 Å². The SMILES string of the molecule is CC(=O)Nc1ccc(S(=O)(=O)NCCCN2CCCC2=O)cc1. The second-order valence-corrected chi connectivity index (χ2v) is 7.21. The van der Waals surface area contributed by atoms with Crippen molar-refractivity contribution in [2.45, 2.75) is 31.1 Å². The van der Waals surface area contributed by atoms with E-state index in [-0.39, 0.29) is 23.3 Å². The fourth-order valence-electron chi connectivity index (χ4n) is 2.42. The standard InChI is InChI=1S/C15H21N3O4S/c1-12(19)17-13-5-7-14(8-6-13)23(21,22)16-9-3-11-18-10-2-4-15(18)20/h5-8,16H,2-4,9-11H2,1H3,(H,17,19).